The van der Waals surface area contributed by atoms with Gasteiger partial charge in [0, 0.05) is 6.54 Å². The fourth-order valence-electron chi connectivity index (χ4n) is 2.76. The lowest BCUT2D eigenvalue weighted by Gasteiger charge is -2.21. The number of methoxy groups -OCH3 is 1. The van der Waals surface area contributed by atoms with Crippen molar-refractivity contribution in [2.75, 3.05) is 20.2 Å². The zero-order chi connectivity index (χ0) is 20.0. The van der Waals surface area contributed by atoms with Crippen molar-refractivity contribution in [2.45, 2.75) is 32.2 Å². The number of hydrogen-bond acceptors (Lipinski definition) is 5. The van der Waals surface area contributed by atoms with E-state index in [0.29, 0.717) is 19.4 Å². The van der Waals surface area contributed by atoms with Crippen molar-refractivity contribution in [3.63, 3.8) is 0 Å². The Balaban J connectivity index is 1.96. The molecule has 0 bridgehead atoms. The summed E-state index contributed by atoms with van der Waals surface area (Å²) in [6, 6.07) is 6.11. The second kappa shape index (κ2) is 8.52. The van der Waals surface area contributed by atoms with Crippen molar-refractivity contribution < 1.29 is 23.9 Å². The number of nitrogens with zero attached hydrogens (tertiary/aromatic N) is 1. The number of carbonyl (C=O) groups excluding carboxylic acids is 4. The lowest BCUT2D eigenvalue weighted by atomic mass is 9.93. The van der Waals surface area contributed by atoms with Gasteiger partial charge in [0.15, 0.2) is 0 Å². The van der Waals surface area contributed by atoms with E-state index in [1.165, 1.54) is 0 Å². The molecule has 9 heteroatoms. The van der Waals surface area contributed by atoms with Gasteiger partial charge in [-0.05, 0) is 44.4 Å². The minimum atomic E-state index is -1.11. The summed E-state index contributed by atoms with van der Waals surface area (Å²) in [7, 11) is 1.58. The van der Waals surface area contributed by atoms with Gasteiger partial charge in [-0.25, -0.2) is 9.59 Å². The van der Waals surface area contributed by atoms with Gasteiger partial charge in [-0.15, -0.1) is 0 Å². The van der Waals surface area contributed by atoms with Crippen molar-refractivity contribution in [2.24, 2.45) is 0 Å². The second-order valence-corrected chi connectivity index (χ2v) is 6.41. The van der Waals surface area contributed by atoms with Crippen LogP contribution in [0.15, 0.2) is 24.3 Å². The molecule has 3 N–H and O–H groups in total. The summed E-state index contributed by atoms with van der Waals surface area (Å²) in [4.78, 5) is 48.8. The first-order valence-corrected chi connectivity index (χ1v) is 8.63. The average Bonchev–Trinajstić information content (AvgIpc) is 2.84. The van der Waals surface area contributed by atoms with Crippen LogP contribution in [0.1, 0.15) is 25.8 Å². The Morgan fingerprint density at radius 3 is 2.48 bits per heavy atom. The van der Waals surface area contributed by atoms with Crippen molar-refractivity contribution in [3.8, 4) is 5.75 Å². The number of imide groups is 2. The van der Waals surface area contributed by atoms with Gasteiger partial charge in [-0.1, -0.05) is 12.1 Å². The first kappa shape index (κ1) is 20.2. The van der Waals surface area contributed by atoms with E-state index in [9.17, 15) is 19.2 Å². The molecule has 2 rings (SSSR count). The summed E-state index contributed by atoms with van der Waals surface area (Å²) in [5, 5.41) is 7.11. The number of hydrogen-bond donors (Lipinski definition) is 3. The number of aryl methyl sites for hydroxylation is 1. The van der Waals surface area contributed by atoms with E-state index < -0.39 is 36.0 Å². The number of amides is 6. The highest BCUT2D eigenvalue weighted by molar-refractivity contribution is 6.09. The molecule has 0 aromatic heterocycles. The van der Waals surface area contributed by atoms with Gasteiger partial charge in [0.25, 0.3) is 5.91 Å². The van der Waals surface area contributed by atoms with E-state index in [1.54, 1.807) is 21.0 Å². The number of rotatable bonds is 7. The van der Waals surface area contributed by atoms with E-state index in [2.05, 4.69) is 16.0 Å². The molecule has 9 nitrogen and oxygen atoms in total. The summed E-state index contributed by atoms with van der Waals surface area (Å²) in [5.41, 5.74) is -0.116. The Labute approximate surface area is 157 Å². The van der Waals surface area contributed by atoms with Gasteiger partial charge in [0.05, 0.1) is 7.11 Å². The summed E-state index contributed by atoms with van der Waals surface area (Å²) >= 11 is 0. The van der Waals surface area contributed by atoms with Crippen LogP contribution in [0.2, 0.25) is 0 Å². The van der Waals surface area contributed by atoms with Crippen molar-refractivity contribution in [1.29, 1.82) is 0 Å². The first-order chi connectivity index (χ1) is 12.8. The summed E-state index contributed by atoms with van der Waals surface area (Å²) in [6.07, 6.45) is 0.934. The molecule has 1 aromatic rings. The number of carbonyl (C=O) groups is 4. The number of benzene rings is 1. The third-order valence-corrected chi connectivity index (χ3v) is 4.31. The van der Waals surface area contributed by atoms with Gasteiger partial charge in [-0.3, -0.25) is 19.8 Å². The Kier molecular flexibility index (Phi) is 6.38. The Bertz CT molecular complexity index is 734. The average molecular weight is 376 g/mol. The molecule has 1 fully saturated rings. The van der Waals surface area contributed by atoms with Gasteiger partial charge in [0.2, 0.25) is 5.91 Å². The van der Waals surface area contributed by atoms with Gasteiger partial charge < -0.3 is 15.4 Å². The van der Waals surface area contributed by atoms with E-state index in [1.807, 2.05) is 24.3 Å². The van der Waals surface area contributed by atoms with Crippen LogP contribution in [-0.4, -0.2) is 54.5 Å². The van der Waals surface area contributed by atoms with Crippen LogP contribution in [-0.2, 0) is 16.0 Å². The molecule has 0 unspecified atom stereocenters. The summed E-state index contributed by atoms with van der Waals surface area (Å²) < 4.78 is 5.11. The highest BCUT2D eigenvalue weighted by atomic mass is 16.5. The molecule has 0 aliphatic carbocycles. The maximum atomic E-state index is 12.6. The van der Waals surface area contributed by atoms with Crippen molar-refractivity contribution in [3.05, 3.63) is 29.8 Å². The standard InChI is InChI=1S/C18H24N4O5/c1-4-19-16(25)20-14(23)11-22-15(24)18(2,21-17(22)26)10-9-12-5-7-13(27-3)8-6-12/h5-8H,4,9-11H2,1-3H3,(H,21,26)(H2,19,20,23,25)/t18-/m1/s1. The molecule has 1 saturated heterocycles. The second-order valence-electron chi connectivity index (χ2n) is 6.41. The Hall–Kier alpha value is -3.10. The van der Waals surface area contributed by atoms with Crippen LogP contribution < -0.4 is 20.7 Å². The first-order valence-electron chi connectivity index (χ1n) is 8.63. The monoisotopic (exact) mass is 376 g/mol. The zero-order valence-electron chi connectivity index (χ0n) is 15.6. The van der Waals surface area contributed by atoms with Crippen LogP contribution in [0.25, 0.3) is 0 Å². The minimum absolute atomic E-state index is 0.353. The molecule has 0 radical (unpaired) electrons. The number of ether oxygens (including phenoxy) is 1. The molecule has 0 spiro atoms. The van der Waals surface area contributed by atoms with Crippen LogP contribution in [0.3, 0.4) is 0 Å². The quantitative estimate of drug-likeness (QED) is 0.608. The molecule has 1 heterocycles. The predicted octanol–water partition coefficient (Wildman–Crippen LogP) is 0.784. The highest BCUT2D eigenvalue weighted by Gasteiger charge is 2.47. The number of nitrogens with one attached hydrogen (secondary N) is 3. The molecule has 146 valence electrons. The van der Waals surface area contributed by atoms with Crippen LogP contribution in [0.5, 0.6) is 5.75 Å². The molecule has 1 aliphatic rings. The Morgan fingerprint density at radius 2 is 1.89 bits per heavy atom. The van der Waals surface area contributed by atoms with Crippen LogP contribution in [0.4, 0.5) is 9.59 Å². The highest BCUT2D eigenvalue weighted by Crippen LogP contribution is 2.23. The van der Waals surface area contributed by atoms with E-state index in [0.717, 1.165) is 16.2 Å². The molecule has 27 heavy (non-hydrogen) atoms. The Morgan fingerprint density at radius 1 is 1.22 bits per heavy atom. The SMILES string of the molecule is CCNC(=O)NC(=O)CN1C(=O)N[C@](C)(CCc2ccc(OC)cc2)C1=O. The number of urea groups is 2. The van der Waals surface area contributed by atoms with Crippen LogP contribution >= 0.6 is 0 Å². The molecule has 1 atom stereocenters. The third-order valence-electron chi connectivity index (χ3n) is 4.31. The zero-order valence-corrected chi connectivity index (χ0v) is 15.6. The van der Waals surface area contributed by atoms with Crippen molar-refractivity contribution >= 4 is 23.9 Å². The van der Waals surface area contributed by atoms with Gasteiger partial charge in [-0.2, -0.15) is 0 Å². The van der Waals surface area contributed by atoms with E-state index in [4.69, 9.17) is 4.74 Å². The molecular weight excluding hydrogens is 352 g/mol. The smallest absolute Gasteiger partial charge is 0.325 e. The lowest BCUT2D eigenvalue weighted by Crippen LogP contribution is -2.47. The summed E-state index contributed by atoms with van der Waals surface area (Å²) in [6.45, 7) is 3.17. The third kappa shape index (κ3) is 4.96. The molecule has 1 aliphatic heterocycles. The minimum Gasteiger partial charge on any atom is -0.497 e. The summed E-state index contributed by atoms with van der Waals surface area (Å²) in [5.74, 6) is -0.490. The van der Waals surface area contributed by atoms with E-state index >= 15 is 0 Å². The lowest BCUT2D eigenvalue weighted by molar-refractivity contribution is -0.134. The molecular formula is C18H24N4O5. The predicted molar refractivity (Wildman–Crippen MR) is 97.2 cm³/mol. The largest absolute Gasteiger partial charge is 0.497 e. The molecule has 1 aromatic carbocycles. The fourth-order valence-corrected chi connectivity index (χ4v) is 2.76. The molecule has 6 amide bonds. The maximum absolute atomic E-state index is 12.6. The fraction of sp³-hybridized carbons (Fsp3) is 0.444. The maximum Gasteiger partial charge on any atom is 0.325 e. The van der Waals surface area contributed by atoms with Crippen molar-refractivity contribution in [1.82, 2.24) is 20.9 Å². The van der Waals surface area contributed by atoms with Gasteiger partial charge in [0.1, 0.15) is 17.8 Å². The molecule has 0 saturated carbocycles. The van der Waals surface area contributed by atoms with Gasteiger partial charge >= 0.3 is 12.1 Å². The van der Waals surface area contributed by atoms with E-state index in [-0.39, 0.29) is 0 Å². The van der Waals surface area contributed by atoms with Crippen LogP contribution in [0, 0.1) is 0 Å². The normalized spacial score (nSPS) is 18.9. The topological polar surface area (TPSA) is 117 Å².